The van der Waals surface area contributed by atoms with Crippen LogP contribution in [0.1, 0.15) is 20.3 Å². The van der Waals surface area contributed by atoms with Crippen molar-refractivity contribution in [2.75, 3.05) is 0 Å². The number of carbonyl (C=O) groups is 2. The van der Waals surface area contributed by atoms with Crippen molar-refractivity contribution < 1.29 is 37.3 Å². The molecule has 0 aromatic carbocycles. The quantitative estimate of drug-likeness (QED) is 0.551. The van der Waals surface area contributed by atoms with E-state index in [1.165, 1.54) is 6.92 Å². The van der Waals surface area contributed by atoms with E-state index in [0.29, 0.717) is 6.42 Å². The van der Waals surface area contributed by atoms with Gasteiger partial charge in [-0.1, -0.05) is 6.92 Å². The molecule has 0 fully saturated rings. The van der Waals surface area contributed by atoms with Crippen molar-refractivity contribution >= 4 is 11.6 Å². The van der Waals surface area contributed by atoms with Gasteiger partial charge in [-0.25, -0.2) is 0 Å². The zero-order valence-electron chi connectivity index (χ0n) is 5.23. The van der Waals surface area contributed by atoms with Crippen LogP contribution in [-0.4, -0.2) is 11.6 Å². The largest absolute Gasteiger partial charge is 0.291 e. The molecular formula is C5H8HgO2. The van der Waals surface area contributed by atoms with E-state index in [4.69, 9.17) is 0 Å². The average Bonchev–Trinajstić information content (AvgIpc) is 1.65. The van der Waals surface area contributed by atoms with E-state index in [0.717, 1.165) is 0 Å². The van der Waals surface area contributed by atoms with E-state index in [1.807, 2.05) is 0 Å². The second kappa shape index (κ2) is 5.41. The van der Waals surface area contributed by atoms with Gasteiger partial charge in [-0.15, -0.1) is 0 Å². The number of Topliss-reactive ketones (excluding diaryl/α,β-unsaturated/α-hetero) is 2. The molecule has 0 aliphatic heterocycles. The fourth-order valence-electron chi connectivity index (χ4n) is 0.249. The Labute approximate surface area is 69.2 Å². The van der Waals surface area contributed by atoms with Crippen LogP contribution in [0.5, 0.6) is 0 Å². The Bertz CT molecular complexity index is 98.6. The maximum Gasteiger partial charge on any atom is 0.197 e. The van der Waals surface area contributed by atoms with Crippen molar-refractivity contribution in [3.63, 3.8) is 0 Å². The van der Waals surface area contributed by atoms with Gasteiger partial charge in [-0.05, 0) is 0 Å². The summed E-state index contributed by atoms with van der Waals surface area (Å²) in [6, 6.07) is 0. The maximum absolute atomic E-state index is 10.2. The monoisotopic (exact) mass is 302 g/mol. The molecule has 0 aliphatic carbocycles. The summed E-state index contributed by atoms with van der Waals surface area (Å²) < 4.78 is 0. The van der Waals surface area contributed by atoms with E-state index >= 15 is 0 Å². The first-order valence-electron chi connectivity index (χ1n) is 2.22. The van der Waals surface area contributed by atoms with Crippen molar-refractivity contribution in [2.45, 2.75) is 20.3 Å². The van der Waals surface area contributed by atoms with Gasteiger partial charge in [0, 0.05) is 41.0 Å². The van der Waals surface area contributed by atoms with Gasteiger partial charge in [0.1, 0.15) is 0 Å². The summed E-state index contributed by atoms with van der Waals surface area (Å²) in [5, 5.41) is 0. The molecule has 3 heteroatoms. The Morgan fingerprint density at radius 1 is 1.38 bits per heavy atom. The summed E-state index contributed by atoms with van der Waals surface area (Å²) in [5.41, 5.74) is 0. The Balaban J connectivity index is 0. The van der Waals surface area contributed by atoms with Crippen LogP contribution in [0.2, 0.25) is 0 Å². The van der Waals surface area contributed by atoms with E-state index in [2.05, 4.69) is 0 Å². The standard InChI is InChI=1S/C5H8O2.Hg/c1-3-5(7)4(2)6;/h3H2,1-2H3;. The topological polar surface area (TPSA) is 34.1 Å². The fourth-order valence-corrected chi connectivity index (χ4v) is 0.249. The van der Waals surface area contributed by atoms with Gasteiger partial charge in [-0.3, -0.25) is 9.59 Å². The van der Waals surface area contributed by atoms with Gasteiger partial charge in [0.15, 0.2) is 11.6 Å². The van der Waals surface area contributed by atoms with Gasteiger partial charge in [0.2, 0.25) is 0 Å². The molecule has 0 N–H and O–H groups in total. The molecule has 0 spiro atoms. The Morgan fingerprint density at radius 2 is 1.75 bits per heavy atom. The summed E-state index contributed by atoms with van der Waals surface area (Å²) in [4.78, 5) is 20.2. The molecule has 0 unspecified atom stereocenters. The molecule has 0 atom stereocenters. The molecule has 0 aromatic rings. The minimum absolute atomic E-state index is 0. The predicted molar refractivity (Wildman–Crippen MR) is 26.0 cm³/mol. The molecule has 0 amide bonds. The summed E-state index contributed by atoms with van der Waals surface area (Å²) in [6.07, 6.45) is 0.329. The van der Waals surface area contributed by atoms with Crippen molar-refractivity contribution in [3.05, 3.63) is 0 Å². The summed E-state index contributed by atoms with van der Waals surface area (Å²) >= 11 is 0. The van der Waals surface area contributed by atoms with E-state index in [9.17, 15) is 9.59 Å². The molecule has 0 saturated carbocycles. The van der Waals surface area contributed by atoms with Crippen LogP contribution in [0, 0.1) is 0 Å². The first-order valence-corrected chi connectivity index (χ1v) is 2.22. The maximum atomic E-state index is 10.2. The number of carbonyl (C=O) groups excluding carboxylic acids is 2. The third-order valence-corrected chi connectivity index (χ3v) is 0.714. The molecule has 0 bridgehead atoms. The van der Waals surface area contributed by atoms with Crippen molar-refractivity contribution in [2.24, 2.45) is 0 Å². The number of rotatable bonds is 2. The van der Waals surface area contributed by atoms with Gasteiger partial charge in [-0.2, -0.15) is 0 Å². The third-order valence-electron chi connectivity index (χ3n) is 0.714. The van der Waals surface area contributed by atoms with E-state index in [1.54, 1.807) is 6.92 Å². The van der Waals surface area contributed by atoms with Gasteiger partial charge in [0.05, 0.1) is 0 Å². The minimum Gasteiger partial charge on any atom is -0.291 e. The van der Waals surface area contributed by atoms with Crippen LogP contribution in [0.4, 0.5) is 0 Å². The Kier molecular flexibility index (Phi) is 7.53. The SMILES string of the molecule is CCC(=O)C(C)=O.[Hg]. The molecule has 0 aliphatic rings. The molecule has 0 aromatic heterocycles. The summed E-state index contributed by atoms with van der Waals surface area (Å²) in [6.45, 7) is 2.95. The molecule has 2 nitrogen and oxygen atoms in total. The van der Waals surface area contributed by atoms with Gasteiger partial charge < -0.3 is 0 Å². The normalized spacial score (nSPS) is 7.25. The third kappa shape index (κ3) is 4.43. The van der Waals surface area contributed by atoms with Crippen molar-refractivity contribution in [3.8, 4) is 0 Å². The van der Waals surface area contributed by atoms with Crippen LogP contribution in [0.25, 0.3) is 0 Å². The summed E-state index contributed by atoms with van der Waals surface area (Å²) in [7, 11) is 0. The molecule has 0 heterocycles. The fraction of sp³-hybridized carbons (Fsp3) is 0.600. The summed E-state index contributed by atoms with van der Waals surface area (Å²) in [5.74, 6) is -0.637. The van der Waals surface area contributed by atoms with Gasteiger partial charge >= 0.3 is 0 Å². The number of hydrogen-bond donors (Lipinski definition) is 0. The zero-order valence-corrected chi connectivity index (χ0v) is 10.7. The van der Waals surface area contributed by atoms with Crippen LogP contribution in [-0.2, 0) is 37.3 Å². The average molecular weight is 301 g/mol. The molecule has 8 heavy (non-hydrogen) atoms. The predicted octanol–water partition coefficient (Wildman–Crippen LogP) is 0.552. The second-order valence-electron chi connectivity index (χ2n) is 1.33. The van der Waals surface area contributed by atoms with E-state index < -0.39 is 0 Å². The van der Waals surface area contributed by atoms with Crippen molar-refractivity contribution in [1.82, 2.24) is 0 Å². The Hall–Kier alpha value is 0.275. The number of ketones is 2. The molecule has 0 rings (SSSR count). The van der Waals surface area contributed by atoms with Crippen molar-refractivity contribution in [1.29, 1.82) is 0 Å². The molecule has 0 saturated heterocycles. The molecule has 0 radical (unpaired) electrons. The number of hydrogen-bond acceptors (Lipinski definition) is 2. The zero-order chi connectivity index (χ0) is 5.86. The molecule has 42 valence electrons. The first-order chi connectivity index (χ1) is 3.18. The smallest absolute Gasteiger partial charge is 0.197 e. The van der Waals surface area contributed by atoms with Gasteiger partial charge in [0.25, 0.3) is 0 Å². The minimum atomic E-state index is -0.345. The van der Waals surface area contributed by atoms with Crippen LogP contribution in [0.3, 0.4) is 0 Å². The Morgan fingerprint density at radius 3 is 1.75 bits per heavy atom. The van der Waals surface area contributed by atoms with Crippen LogP contribution < -0.4 is 0 Å². The van der Waals surface area contributed by atoms with E-state index in [-0.39, 0.29) is 39.2 Å². The first kappa shape index (κ1) is 11.1. The second-order valence-corrected chi connectivity index (χ2v) is 1.33. The van der Waals surface area contributed by atoms with Crippen LogP contribution in [0.15, 0.2) is 0 Å². The molecular weight excluding hydrogens is 293 g/mol. The van der Waals surface area contributed by atoms with Crippen LogP contribution >= 0.6 is 0 Å².